The number of hydrogen-bond donors (Lipinski definition) is 2. The molecular formula is C12H18N4O3. The Morgan fingerprint density at radius 2 is 2.37 bits per heavy atom. The van der Waals surface area contributed by atoms with Gasteiger partial charge in [0.15, 0.2) is 0 Å². The lowest BCUT2D eigenvalue weighted by molar-refractivity contribution is 0.0469. The van der Waals surface area contributed by atoms with Crippen LogP contribution in [0, 0.1) is 0 Å². The van der Waals surface area contributed by atoms with Crippen molar-refractivity contribution in [3.05, 3.63) is 18.0 Å². The van der Waals surface area contributed by atoms with E-state index in [4.69, 9.17) is 10.5 Å². The van der Waals surface area contributed by atoms with Crippen LogP contribution in [0.5, 0.6) is 0 Å². The fraction of sp³-hybridized carbons (Fsp3) is 0.500. The van der Waals surface area contributed by atoms with Crippen molar-refractivity contribution in [3.8, 4) is 0 Å². The van der Waals surface area contributed by atoms with Crippen molar-refractivity contribution in [2.45, 2.75) is 13.5 Å². The van der Waals surface area contributed by atoms with Gasteiger partial charge in [0.05, 0.1) is 12.2 Å². The van der Waals surface area contributed by atoms with Gasteiger partial charge in [-0.25, -0.2) is 9.59 Å². The number of hydrogen-bond acceptors (Lipinski definition) is 4. The summed E-state index contributed by atoms with van der Waals surface area (Å²) in [4.78, 5) is 24.8. The van der Waals surface area contributed by atoms with Gasteiger partial charge in [0.2, 0.25) is 0 Å². The zero-order valence-electron chi connectivity index (χ0n) is 10.9. The van der Waals surface area contributed by atoms with Crippen molar-refractivity contribution in [1.82, 2.24) is 14.8 Å². The first-order valence-corrected chi connectivity index (χ1v) is 6.27. The molecule has 0 unspecified atom stereocenters. The predicted octanol–water partition coefficient (Wildman–Crippen LogP) is 0.272. The van der Waals surface area contributed by atoms with Gasteiger partial charge in [0.25, 0.3) is 0 Å². The molecule has 3 N–H and O–H groups in total. The molecule has 1 saturated heterocycles. The van der Waals surface area contributed by atoms with Gasteiger partial charge < -0.3 is 25.3 Å². The van der Waals surface area contributed by atoms with Crippen LogP contribution < -0.4 is 11.1 Å². The lowest BCUT2D eigenvalue weighted by Crippen LogP contribution is -2.31. The number of carbonyl (C=O) groups is 2. The fourth-order valence-corrected chi connectivity index (χ4v) is 2.01. The van der Waals surface area contributed by atoms with Crippen molar-refractivity contribution in [3.63, 3.8) is 0 Å². The number of rotatable bonds is 5. The summed E-state index contributed by atoms with van der Waals surface area (Å²) >= 11 is 0. The molecule has 1 aromatic rings. The number of esters is 1. The molecule has 0 spiro atoms. The van der Waals surface area contributed by atoms with Crippen LogP contribution in [0.15, 0.2) is 12.3 Å². The van der Waals surface area contributed by atoms with Crippen molar-refractivity contribution < 1.29 is 14.3 Å². The van der Waals surface area contributed by atoms with Crippen molar-refractivity contribution in [2.24, 2.45) is 0 Å². The smallest absolute Gasteiger partial charge is 0.355 e. The van der Waals surface area contributed by atoms with Crippen LogP contribution in [0.2, 0.25) is 0 Å². The van der Waals surface area contributed by atoms with Crippen LogP contribution in [0.1, 0.15) is 17.4 Å². The summed E-state index contributed by atoms with van der Waals surface area (Å²) in [7, 11) is 0. The first kappa shape index (κ1) is 13.3. The van der Waals surface area contributed by atoms with Crippen LogP contribution in [0.3, 0.4) is 0 Å². The normalized spacial score (nSPS) is 14.6. The Balaban J connectivity index is 1.85. The molecule has 1 aliphatic rings. The molecule has 2 rings (SSSR count). The summed E-state index contributed by atoms with van der Waals surface area (Å²) in [5.74, 6) is -0.418. The summed E-state index contributed by atoms with van der Waals surface area (Å²) in [6, 6.07) is 1.48. The van der Waals surface area contributed by atoms with E-state index in [0.717, 1.165) is 0 Å². The molecule has 7 nitrogen and oxygen atoms in total. The van der Waals surface area contributed by atoms with Gasteiger partial charge in [-0.15, -0.1) is 0 Å². The number of nitrogens with two attached hydrogens (primary N) is 1. The van der Waals surface area contributed by atoms with Gasteiger partial charge >= 0.3 is 12.0 Å². The Morgan fingerprint density at radius 3 is 3.00 bits per heavy atom. The minimum absolute atomic E-state index is 0.114. The van der Waals surface area contributed by atoms with Crippen LogP contribution in [-0.2, 0) is 11.3 Å². The van der Waals surface area contributed by atoms with Crippen LogP contribution >= 0.6 is 0 Å². The van der Waals surface area contributed by atoms with Crippen LogP contribution in [-0.4, -0.2) is 47.7 Å². The third-order valence-corrected chi connectivity index (χ3v) is 3.01. The molecule has 7 heteroatoms. The maximum Gasteiger partial charge on any atom is 0.355 e. The summed E-state index contributed by atoms with van der Waals surface area (Å²) in [6.45, 7) is 4.44. The number of anilines is 1. The quantitative estimate of drug-likeness (QED) is 0.749. The molecule has 1 aromatic heterocycles. The number of carbonyl (C=O) groups excluding carboxylic acids is 2. The Hall–Kier alpha value is -2.18. The number of aryl methyl sites for hydroxylation is 1. The maximum atomic E-state index is 11.9. The van der Waals surface area contributed by atoms with E-state index in [1.54, 1.807) is 21.7 Å². The summed E-state index contributed by atoms with van der Waals surface area (Å²) in [5, 5.41) is 2.69. The number of nitrogen functional groups attached to an aromatic ring is 1. The third kappa shape index (κ3) is 2.98. The maximum absolute atomic E-state index is 11.9. The number of ether oxygens (including phenoxy) is 1. The standard InChI is InChI=1S/C12H18N4O3/c1-2-15-8-9(13)7-10(15)11(17)19-6-5-16-4-3-14-12(16)18/h7-8H,2-6,13H2,1H3,(H,14,18). The Kier molecular flexibility index (Phi) is 3.94. The van der Waals surface area contributed by atoms with Gasteiger partial charge in [-0.05, 0) is 13.0 Å². The van der Waals surface area contributed by atoms with Gasteiger partial charge in [-0.2, -0.15) is 0 Å². The number of nitrogens with one attached hydrogen (secondary N) is 1. The van der Waals surface area contributed by atoms with Crippen molar-refractivity contribution in [2.75, 3.05) is 32.0 Å². The van der Waals surface area contributed by atoms with E-state index < -0.39 is 5.97 Å². The Labute approximate surface area is 111 Å². The molecule has 0 aromatic carbocycles. The topological polar surface area (TPSA) is 89.6 Å². The molecule has 2 heterocycles. The third-order valence-electron chi connectivity index (χ3n) is 3.01. The van der Waals surface area contributed by atoms with E-state index in [9.17, 15) is 9.59 Å². The SMILES string of the molecule is CCn1cc(N)cc1C(=O)OCCN1CCNC1=O. The lowest BCUT2D eigenvalue weighted by Gasteiger charge is -2.14. The molecule has 104 valence electrons. The first-order valence-electron chi connectivity index (χ1n) is 6.27. The van der Waals surface area contributed by atoms with Gasteiger partial charge in [0, 0.05) is 25.8 Å². The highest BCUT2D eigenvalue weighted by molar-refractivity contribution is 5.89. The monoisotopic (exact) mass is 266 g/mol. The largest absolute Gasteiger partial charge is 0.459 e. The molecule has 1 fully saturated rings. The number of amides is 2. The van der Waals surface area contributed by atoms with Crippen molar-refractivity contribution in [1.29, 1.82) is 0 Å². The van der Waals surface area contributed by atoms with E-state index in [1.807, 2.05) is 6.92 Å². The second-order valence-electron chi connectivity index (χ2n) is 4.30. The van der Waals surface area contributed by atoms with E-state index in [2.05, 4.69) is 5.32 Å². The van der Waals surface area contributed by atoms with Crippen LogP contribution in [0.25, 0.3) is 0 Å². The molecule has 0 atom stereocenters. The zero-order valence-corrected chi connectivity index (χ0v) is 10.9. The fourth-order valence-electron chi connectivity index (χ4n) is 2.01. The van der Waals surface area contributed by atoms with E-state index in [1.165, 1.54) is 0 Å². The molecule has 0 saturated carbocycles. The average Bonchev–Trinajstić information content (AvgIpc) is 2.95. The Bertz CT molecular complexity index is 483. The minimum Gasteiger partial charge on any atom is -0.459 e. The molecule has 2 amide bonds. The summed E-state index contributed by atoms with van der Waals surface area (Å²) in [5.41, 5.74) is 6.62. The number of aromatic nitrogens is 1. The second-order valence-corrected chi connectivity index (χ2v) is 4.30. The zero-order chi connectivity index (χ0) is 13.8. The molecule has 0 aliphatic carbocycles. The molecule has 0 bridgehead atoms. The molecule has 1 aliphatic heterocycles. The molecule has 0 radical (unpaired) electrons. The number of nitrogens with zero attached hydrogens (tertiary/aromatic N) is 2. The number of urea groups is 1. The van der Waals surface area contributed by atoms with Crippen LogP contribution in [0.4, 0.5) is 10.5 Å². The summed E-state index contributed by atoms with van der Waals surface area (Å²) < 4.78 is 6.89. The molecular weight excluding hydrogens is 248 g/mol. The highest BCUT2D eigenvalue weighted by Crippen LogP contribution is 2.11. The highest BCUT2D eigenvalue weighted by Gasteiger charge is 2.20. The van der Waals surface area contributed by atoms with Crippen molar-refractivity contribution >= 4 is 17.7 Å². The Morgan fingerprint density at radius 1 is 1.58 bits per heavy atom. The minimum atomic E-state index is -0.418. The second kappa shape index (κ2) is 5.64. The van der Waals surface area contributed by atoms with E-state index in [-0.39, 0.29) is 12.6 Å². The van der Waals surface area contributed by atoms with Gasteiger partial charge in [0.1, 0.15) is 12.3 Å². The highest BCUT2D eigenvalue weighted by atomic mass is 16.5. The van der Waals surface area contributed by atoms with E-state index in [0.29, 0.717) is 37.6 Å². The first-order chi connectivity index (χ1) is 9.11. The lowest BCUT2D eigenvalue weighted by atomic mass is 10.4. The molecule has 19 heavy (non-hydrogen) atoms. The average molecular weight is 266 g/mol. The van der Waals surface area contributed by atoms with Gasteiger partial charge in [-0.1, -0.05) is 0 Å². The predicted molar refractivity (Wildman–Crippen MR) is 69.8 cm³/mol. The van der Waals surface area contributed by atoms with E-state index >= 15 is 0 Å². The summed E-state index contributed by atoms with van der Waals surface area (Å²) in [6.07, 6.45) is 1.70. The van der Waals surface area contributed by atoms with Gasteiger partial charge in [-0.3, -0.25) is 0 Å².